The van der Waals surface area contributed by atoms with E-state index in [0.29, 0.717) is 11.4 Å². The molecule has 0 aliphatic carbocycles. The topological polar surface area (TPSA) is 61.5 Å². The van der Waals surface area contributed by atoms with E-state index in [4.69, 9.17) is 15.2 Å². The van der Waals surface area contributed by atoms with Gasteiger partial charge in [-0.15, -0.1) is 0 Å². The highest BCUT2D eigenvalue weighted by Gasteiger charge is 2.08. The largest absolute Gasteiger partial charge is 0.482 e. The van der Waals surface area contributed by atoms with E-state index in [9.17, 15) is 4.79 Å². The zero-order valence-electron chi connectivity index (χ0n) is 12.3. The van der Waals surface area contributed by atoms with Gasteiger partial charge in [-0.25, -0.2) is 4.79 Å². The Morgan fingerprint density at radius 1 is 1.10 bits per heavy atom. The van der Waals surface area contributed by atoms with Crippen LogP contribution >= 0.6 is 0 Å². The Bertz CT molecular complexity index is 617. The Morgan fingerprint density at radius 2 is 1.76 bits per heavy atom. The molecule has 2 N–H and O–H groups in total. The average Bonchev–Trinajstić information content (AvgIpc) is 2.45. The van der Waals surface area contributed by atoms with Crippen LogP contribution in [0.15, 0.2) is 42.5 Å². The quantitative estimate of drug-likeness (QED) is 0.677. The molecule has 0 radical (unpaired) electrons. The molecular formula is C17H19NO3. The van der Waals surface area contributed by atoms with Gasteiger partial charge in [0.25, 0.3) is 0 Å². The van der Waals surface area contributed by atoms with Gasteiger partial charge in [-0.2, -0.15) is 0 Å². The molecule has 2 rings (SSSR count). The van der Waals surface area contributed by atoms with Gasteiger partial charge in [0.1, 0.15) is 12.4 Å². The van der Waals surface area contributed by atoms with Crippen molar-refractivity contribution in [1.29, 1.82) is 0 Å². The maximum Gasteiger partial charge on any atom is 0.344 e. The summed E-state index contributed by atoms with van der Waals surface area (Å²) in [6.07, 6.45) is 0. The van der Waals surface area contributed by atoms with Crippen molar-refractivity contribution >= 4 is 11.7 Å². The molecular weight excluding hydrogens is 266 g/mol. The highest BCUT2D eigenvalue weighted by Crippen LogP contribution is 2.16. The van der Waals surface area contributed by atoms with Gasteiger partial charge >= 0.3 is 5.97 Å². The highest BCUT2D eigenvalue weighted by molar-refractivity contribution is 5.71. The normalized spacial score (nSPS) is 10.2. The van der Waals surface area contributed by atoms with Crippen LogP contribution in [0.4, 0.5) is 5.69 Å². The summed E-state index contributed by atoms with van der Waals surface area (Å²) in [4.78, 5) is 11.7. The van der Waals surface area contributed by atoms with Crippen molar-refractivity contribution in [2.75, 3.05) is 12.3 Å². The van der Waals surface area contributed by atoms with E-state index >= 15 is 0 Å². The SMILES string of the molecule is Cc1cccc(C)c1COC(=O)COc1cccc(N)c1. The third kappa shape index (κ3) is 4.24. The van der Waals surface area contributed by atoms with Gasteiger partial charge in [0.05, 0.1) is 0 Å². The monoisotopic (exact) mass is 285 g/mol. The predicted octanol–water partition coefficient (Wildman–Crippen LogP) is 3.01. The van der Waals surface area contributed by atoms with Crippen molar-refractivity contribution < 1.29 is 14.3 Å². The first-order chi connectivity index (χ1) is 10.1. The molecule has 0 saturated carbocycles. The minimum absolute atomic E-state index is 0.131. The molecule has 4 heteroatoms. The molecule has 110 valence electrons. The minimum atomic E-state index is -0.403. The van der Waals surface area contributed by atoms with Gasteiger partial charge in [0.15, 0.2) is 6.61 Å². The van der Waals surface area contributed by atoms with Crippen molar-refractivity contribution in [1.82, 2.24) is 0 Å². The fourth-order valence-electron chi connectivity index (χ4n) is 2.02. The van der Waals surface area contributed by atoms with Gasteiger partial charge in [-0.1, -0.05) is 24.3 Å². The number of carbonyl (C=O) groups is 1. The third-order valence-corrected chi connectivity index (χ3v) is 3.24. The van der Waals surface area contributed by atoms with E-state index < -0.39 is 5.97 Å². The molecule has 0 amide bonds. The van der Waals surface area contributed by atoms with Gasteiger partial charge in [-0.3, -0.25) is 0 Å². The zero-order valence-corrected chi connectivity index (χ0v) is 12.3. The molecule has 0 aliphatic heterocycles. The standard InChI is InChI=1S/C17H19NO3/c1-12-5-3-6-13(2)16(12)10-21-17(19)11-20-15-8-4-7-14(18)9-15/h3-9H,10-11,18H2,1-2H3. The second-order valence-corrected chi connectivity index (χ2v) is 4.89. The smallest absolute Gasteiger partial charge is 0.344 e. The summed E-state index contributed by atoms with van der Waals surface area (Å²) in [7, 11) is 0. The van der Waals surface area contributed by atoms with E-state index in [2.05, 4.69) is 0 Å². The summed E-state index contributed by atoms with van der Waals surface area (Å²) in [5.41, 5.74) is 9.49. The van der Waals surface area contributed by atoms with Crippen LogP contribution in [0, 0.1) is 13.8 Å². The fraction of sp³-hybridized carbons (Fsp3) is 0.235. The Hall–Kier alpha value is -2.49. The van der Waals surface area contributed by atoms with Gasteiger partial charge in [0.2, 0.25) is 0 Å². The molecule has 4 nitrogen and oxygen atoms in total. The van der Waals surface area contributed by atoms with Crippen LogP contribution in [-0.2, 0) is 16.1 Å². The highest BCUT2D eigenvalue weighted by atomic mass is 16.6. The number of nitrogens with two attached hydrogens (primary N) is 1. The summed E-state index contributed by atoms with van der Waals surface area (Å²) < 4.78 is 10.6. The Morgan fingerprint density at radius 3 is 2.43 bits per heavy atom. The Balaban J connectivity index is 1.85. The number of carbonyl (C=O) groups excluding carboxylic acids is 1. The van der Waals surface area contributed by atoms with Crippen molar-refractivity contribution in [2.24, 2.45) is 0 Å². The number of aryl methyl sites for hydroxylation is 2. The van der Waals surface area contributed by atoms with Crippen LogP contribution in [0.2, 0.25) is 0 Å². The van der Waals surface area contributed by atoms with Crippen LogP contribution in [0.5, 0.6) is 5.75 Å². The molecule has 0 aliphatic rings. The summed E-state index contributed by atoms with van der Waals surface area (Å²) in [6.45, 7) is 4.13. The molecule has 0 aromatic heterocycles. The van der Waals surface area contributed by atoms with E-state index in [1.54, 1.807) is 24.3 Å². The van der Waals surface area contributed by atoms with Crippen molar-refractivity contribution in [3.63, 3.8) is 0 Å². The number of hydrogen-bond acceptors (Lipinski definition) is 4. The number of esters is 1. The molecule has 2 aromatic carbocycles. The molecule has 0 saturated heterocycles. The number of anilines is 1. The fourth-order valence-corrected chi connectivity index (χ4v) is 2.02. The first-order valence-corrected chi connectivity index (χ1v) is 6.75. The maximum atomic E-state index is 11.7. The van der Waals surface area contributed by atoms with E-state index in [-0.39, 0.29) is 13.2 Å². The lowest BCUT2D eigenvalue weighted by Crippen LogP contribution is -2.15. The Labute approximate surface area is 124 Å². The third-order valence-electron chi connectivity index (χ3n) is 3.24. The second-order valence-electron chi connectivity index (χ2n) is 4.89. The molecule has 2 aromatic rings. The predicted molar refractivity (Wildman–Crippen MR) is 82.1 cm³/mol. The van der Waals surface area contributed by atoms with Crippen LogP contribution < -0.4 is 10.5 Å². The molecule has 0 heterocycles. The molecule has 0 spiro atoms. The van der Waals surface area contributed by atoms with Crippen LogP contribution in [0.3, 0.4) is 0 Å². The van der Waals surface area contributed by atoms with Crippen LogP contribution in [0.1, 0.15) is 16.7 Å². The molecule has 0 atom stereocenters. The van der Waals surface area contributed by atoms with E-state index in [1.165, 1.54) is 0 Å². The first-order valence-electron chi connectivity index (χ1n) is 6.75. The second kappa shape index (κ2) is 6.79. The van der Waals surface area contributed by atoms with Gasteiger partial charge in [-0.05, 0) is 42.7 Å². The molecule has 0 fully saturated rings. The zero-order chi connectivity index (χ0) is 15.2. The molecule has 0 unspecified atom stereocenters. The number of ether oxygens (including phenoxy) is 2. The van der Waals surface area contributed by atoms with Crippen LogP contribution in [-0.4, -0.2) is 12.6 Å². The minimum Gasteiger partial charge on any atom is -0.482 e. The summed E-state index contributed by atoms with van der Waals surface area (Å²) in [5, 5.41) is 0. The van der Waals surface area contributed by atoms with Crippen molar-refractivity contribution in [3.05, 3.63) is 59.2 Å². The maximum absolute atomic E-state index is 11.7. The summed E-state index contributed by atoms with van der Waals surface area (Å²) >= 11 is 0. The summed E-state index contributed by atoms with van der Waals surface area (Å²) in [5.74, 6) is 0.152. The lowest BCUT2D eigenvalue weighted by molar-refractivity contribution is -0.147. The number of nitrogen functional groups attached to an aromatic ring is 1. The average molecular weight is 285 g/mol. The van der Waals surface area contributed by atoms with E-state index in [1.807, 2.05) is 32.0 Å². The lowest BCUT2D eigenvalue weighted by Gasteiger charge is -2.11. The van der Waals surface area contributed by atoms with Gasteiger partial charge in [0, 0.05) is 11.8 Å². The van der Waals surface area contributed by atoms with E-state index in [0.717, 1.165) is 16.7 Å². The Kier molecular flexibility index (Phi) is 4.82. The molecule has 0 bridgehead atoms. The van der Waals surface area contributed by atoms with Crippen molar-refractivity contribution in [2.45, 2.75) is 20.5 Å². The van der Waals surface area contributed by atoms with Crippen LogP contribution in [0.25, 0.3) is 0 Å². The first kappa shape index (κ1) is 14.9. The molecule has 21 heavy (non-hydrogen) atoms. The van der Waals surface area contributed by atoms with Gasteiger partial charge < -0.3 is 15.2 Å². The number of hydrogen-bond donors (Lipinski definition) is 1. The van der Waals surface area contributed by atoms with Crippen molar-refractivity contribution in [3.8, 4) is 5.75 Å². The lowest BCUT2D eigenvalue weighted by atomic mass is 10.0. The number of rotatable bonds is 5. The summed E-state index contributed by atoms with van der Waals surface area (Å²) in [6, 6.07) is 12.9. The number of benzene rings is 2.